The molecule has 1 aromatic heterocycles. The minimum atomic E-state index is -0.431. The molecule has 0 unspecified atom stereocenters. The van der Waals surface area contributed by atoms with Crippen molar-refractivity contribution in [1.29, 1.82) is 0 Å². The zero-order valence-corrected chi connectivity index (χ0v) is 10.6. The zero-order chi connectivity index (χ0) is 10.8. The van der Waals surface area contributed by atoms with Crippen LogP contribution in [0.5, 0.6) is 0 Å². The Kier molecular flexibility index (Phi) is 4.74. The van der Waals surface area contributed by atoms with E-state index in [0.717, 1.165) is 11.1 Å². The molecule has 2 aromatic rings. The van der Waals surface area contributed by atoms with Crippen LogP contribution < -0.4 is 5.73 Å². The Morgan fingerprint density at radius 2 is 2.00 bits per heavy atom. The van der Waals surface area contributed by atoms with Crippen molar-refractivity contribution in [3.63, 3.8) is 0 Å². The average molecular weight is 278 g/mol. The van der Waals surface area contributed by atoms with Gasteiger partial charge in [0.05, 0.1) is 11.1 Å². The third-order valence-corrected chi connectivity index (χ3v) is 3.21. The van der Waals surface area contributed by atoms with Crippen molar-refractivity contribution in [2.75, 3.05) is 0 Å². The van der Waals surface area contributed by atoms with Crippen molar-refractivity contribution in [2.45, 2.75) is 6.04 Å². The summed E-state index contributed by atoms with van der Waals surface area (Å²) in [4.78, 5) is 0. The summed E-state index contributed by atoms with van der Waals surface area (Å²) in [5, 5.41) is 4.02. The first-order valence-electron chi connectivity index (χ1n) is 4.41. The molecule has 0 saturated carbocycles. The van der Waals surface area contributed by atoms with E-state index in [0.29, 0.717) is 0 Å². The molecule has 0 amide bonds. The van der Waals surface area contributed by atoms with Crippen molar-refractivity contribution < 1.29 is 4.39 Å². The van der Waals surface area contributed by atoms with Gasteiger partial charge in [-0.1, -0.05) is 17.7 Å². The third-order valence-electron chi connectivity index (χ3n) is 2.21. The molecule has 0 aliphatic heterocycles. The molecule has 0 aliphatic carbocycles. The highest BCUT2D eigenvalue weighted by molar-refractivity contribution is 7.08. The van der Waals surface area contributed by atoms with E-state index in [-0.39, 0.29) is 23.5 Å². The van der Waals surface area contributed by atoms with Crippen LogP contribution in [-0.4, -0.2) is 0 Å². The fraction of sp³-hybridized carbons (Fsp3) is 0.0909. The van der Waals surface area contributed by atoms with Crippen molar-refractivity contribution in [2.24, 2.45) is 5.73 Å². The van der Waals surface area contributed by atoms with Crippen molar-refractivity contribution in [3.8, 4) is 0 Å². The number of rotatable bonds is 2. The Morgan fingerprint density at radius 3 is 2.56 bits per heavy atom. The largest absolute Gasteiger partial charge is 0.320 e. The van der Waals surface area contributed by atoms with Gasteiger partial charge in [0.25, 0.3) is 0 Å². The maximum atomic E-state index is 13.2. The highest BCUT2D eigenvalue weighted by atomic mass is 35.5. The van der Waals surface area contributed by atoms with E-state index in [2.05, 4.69) is 0 Å². The van der Waals surface area contributed by atoms with Crippen molar-refractivity contribution in [1.82, 2.24) is 0 Å². The Hall–Kier alpha value is -0.610. The molecule has 0 saturated heterocycles. The number of benzene rings is 1. The van der Waals surface area contributed by atoms with Crippen LogP contribution in [0.25, 0.3) is 0 Å². The number of thiophene rings is 1. The molecule has 2 rings (SSSR count). The summed E-state index contributed by atoms with van der Waals surface area (Å²) in [6.07, 6.45) is 0. The van der Waals surface area contributed by atoms with Crippen LogP contribution in [0.4, 0.5) is 4.39 Å². The molecule has 86 valence electrons. The fourth-order valence-electron chi connectivity index (χ4n) is 1.35. The first-order chi connectivity index (χ1) is 7.18. The molecule has 1 nitrogen and oxygen atoms in total. The summed E-state index contributed by atoms with van der Waals surface area (Å²) < 4.78 is 13.2. The predicted octanol–water partition coefficient (Wildman–Crippen LogP) is 4.01. The number of nitrogens with two attached hydrogens (primary N) is 1. The molecule has 1 heterocycles. The summed E-state index contributed by atoms with van der Waals surface area (Å²) in [7, 11) is 0. The van der Waals surface area contributed by atoms with E-state index in [1.54, 1.807) is 17.4 Å². The maximum absolute atomic E-state index is 13.2. The van der Waals surface area contributed by atoms with Gasteiger partial charge in [0.2, 0.25) is 0 Å². The van der Waals surface area contributed by atoms with Crippen LogP contribution in [0.15, 0.2) is 35.0 Å². The molecular weight excluding hydrogens is 268 g/mol. The second-order valence-electron chi connectivity index (χ2n) is 3.21. The van der Waals surface area contributed by atoms with Crippen LogP contribution in [0.1, 0.15) is 17.2 Å². The molecule has 16 heavy (non-hydrogen) atoms. The quantitative estimate of drug-likeness (QED) is 0.882. The fourth-order valence-corrected chi connectivity index (χ4v) is 2.16. The van der Waals surface area contributed by atoms with Gasteiger partial charge in [-0.3, -0.25) is 0 Å². The Balaban J connectivity index is 0.00000128. The molecule has 1 aromatic carbocycles. The minimum Gasteiger partial charge on any atom is -0.320 e. The summed E-state index contributed by atoms with van der Waals surface area (Å²) in [5.41, 5.74) is 7.70. The summed E-state index contributed by atoms with van der Waals surface area (Å²) in [6, 6.07) is 6.29. The molecule has 2 N–H and O–H groups in total. The molecule has 0 fully saturated rings. The maximum Gasteiger partial charge on any atom is 0.142 e. The topological polar surface area (TPSA) is 26.0 Å². The van der Waals surface area contributed by atoms with Gasteiger partial charge >= 0.3 is 0 Å². The van der Waals surface area contributed by atoms with Gasteiger partial charge in [-0.2, -0.15) is 11.3 Å². The van der Waals surface area contributed by atoms with E-state index in [1.807, 2.05) is 16.8 Å². The van der Waals surface area contributed by atoms with Gasteiger partial charge in [0.15, 0.2) is 0 Å². The standard InChI is InChI=1S/C11H9ClFNS.ClH/c12-9-2-1-7(5-10(9)13)11(14)8-3-4-15-6-8;/h1-6,11H,14H2;1H/t11-;/m0./s1. The first kappa shape index (κ1) is 13.5. The molecular formula is C11H10Cl2FNS. The lowest BCUT2D eigenvalue weighted by Gasteiger charge is -2.10. The van der Waals surface area contributed by atoms with Gasteiger partial charge in [-0.05, 0) is 40.1 Å². The van der Waals surface area contributed by atoms with E-state index >= 15 is 0 Å². The smallest absolute Gasteiger partial charge is 0.142 e. The predicted molar refractivity (Wildman–Crippen MR) is 69.0 cm³/mol. The zero-order valence-electron chi connectivity index (χ0n) is 8.19. The molecule has 0 aliphatic rings. The molecule has 0 bridgehead atoms. The van der Waals surface area contributed by atoms with Crippen LogP contribution in [0.3, 0.4) is 0 Å². The Morgan fingerprint density at radius 1 is 1.25 bits per heavy atom. The van der Waals surface area contributed by atoms with E-state index in [9.17, 15) is 4.39 Å². The highest BCUT2D eigenvalue weighted by Gasteiger charge is 2.11. The third kappa shape index (κ3) is 2.74. The lowest BCUT2D eigenvalue weighted by molar-refractivity contribution is 0.624. The molecule has 5 heteroatoms. The molecule has 0 spiro atoms. The number of halogens is 3. The van der Waals surface area contributed by atoms with Crippen molar-refractivity contribution >= 4 is 35.3 Å². The molecule has 1 atom stereocenters. The minimum absolute atomic E-state index is 0. The lowest BCUT2D eigenvalue weighted by atomic mass is 10.0. The van der Waals surface area contributed by atoms with Crippen LogP contribution in [-0.2, 0) is 0 Å². The monoisotopic (exact) mass is 277 g/mol. The van der Waals surface area contributed by atoms with E-state index in [4.69, 9.17) is 17.3 Å². The molecule has 0 radical (unpaired) electrons. The SMILES string of the molecule is Cl.N[C@H](c1ccsc1)c1ccc(Cl)c(F)c1. The van der Waals surface area contributed by atoms with Crippen molar-refractivity contribution in [3.05, 3.63) is 57.0 Å². The second-order valence-corrected chi connectivity index (χ2v) is 4.40. The van der Waals surface area contributed by atoms with Gasteiger partial charge in [0.1, 0.15) is 5.82 Å². The van der Waals surface area contributed by atoms with Crippen LogP contribution >= 0.6 is 35.3 Å². The summed E-state index contributed by atoms with van der Waals surface area (Å²) in [5.74, 6) is -0.431. The first-order valence-corrected chi connectivity index (χ1v) is 5.73. The number of hydrogen-bond donors (Lipinski definition) is 1. The van der Waals surface area contributed by atoms with E-state index in [1.165, 1.54) is 12.1 Å². The van der Waals surface area contributed by atoms with Crippen LogP contribution in [0.2, 0.25) is 5.02 Å². The Bertz CT molecular complexity index is 459. The number of hydrogen-bond acceptors (Lipinski definition) is 2. The van der Waals surface area contributed by atoms with E-state index < -0.39 is 5.82 Å². The summed E-state index contributed by atoms with van der Waals surface area (Å²) >= 11 is 7.17. The Labute approximate surface area is 108 Å². The van der Waals surface area contributed by atoms with Gasteiger partial charge in [0, 0.05) is 0 Å². The van der Waals surface area contributed by atoms with Gasteiger partial charge < -0.3 is 5.73 Å². The lowest BCUT2D eigenvalue weighted by Crippen LogP contribution is -2.10. The van der Waals surface area contributed by atoms with Crippen LogP contribution in [0, 0.1) is 5.82 Å². The second kappa shape index (κ2) is 5.64. The average Bonchev–Trinajstić information content (AvgIpc) is 2.74. The summed E-state index contributed by atoms with van der Waals surface area (Å²) in [6.45, 7) is 0. The van der Waals surface area contributed by atoms with Gasteiger partial charge in [-0.25, -0.2) is 4.39 Å². The normalized spacial score (nSPS) is 11.9. The highest BCUT2D eigenvalue weighted by Crippen LogP contribution is 2.24. The van der Waals surface area contributed by atoms with Gasteiger partial charge in [-0.15, -0.1) is 12.4 Å².